The van der Waals surface area contributed by atoms with Crippen molar-refractivity contribution in [2.24, 2.45) is 0 Å². The van der Waals surface area contributed by atoms with Crippen LogP contribution in [0.15, 0.2) is 63.8 Å². The third-order valence-electron chi connectivity index (χ3n) is 7.58. The molecule has 0 saturated carbocycles. The highest BCUT2D eigenvalue weighted by Crippen LogP contribution is 2.54. The Labute approximate surface area is 209 Å². The van der Waals surface area contributed by atoms with Gasteiger partial charge >= 0.3 is 5.97 Å². The minimum Gasteiger partial charge on any atom is -0.459 e. The van der Waals surface area contributed by atoms with E-state index >= 15 is 0 Å². The number of fused-ring (bicyclic) bond motifs is 5. The van der Waals surface area contributed by atoms with Crippen LogP contribution in [0, 0.1) is 0 Å². The van der Waals surface area contributed by atoms with Crippen LogP contribution in [0.3, 0.4) is 0 Å². The molecule has 172 valence electrons. The lowest BCUT2D eigenvalue weighted by atomic mass is 9.93. The van der Waals surface area contributed by atoms with Crippen molar-refractivity contribution in [2.75, 3.05) is 7.05 Å². The molecule has 3 aromatic rings. The molecule has 2 aromatic heterocycles. The zero-order chi connectivity index (χ0) is 22.8. The van der Waals surface area contributed by atoms with Gasteiger partial charge in [0.25, 0.3) is 0 Å². The van der Waals surface area contributed by atoms with E-state index < -0.39 is 11.6 Å². The number of ether oxygens (including phenoxy) is 2. The van der Waals surface area contributed by atoms with Gasteiger partial charge in [0, 0.05) is 22.9 Å². The number of esters is 1. The van der Waals surface area contributed by atoms with E-state index in [2.05, 4.69) is 41.2 Å². The second-order valence-electron chi connectivity index (χ2n) is 9.50. The number of thiophene rings is 2. The molecule has 0 spiro atoms. The van der Waals surface area contributed by atoms with Gasteiger partial charge in [-0.2, -0.15) is 0 Å². The molecule has 1 aromatic carbocycles. The Morgan fingerprint density at radius 3 is 2.30 bits per heavy atom. The number of carbonyl (C=O) groups is 1. The van der Waals surface area contributed by atoms with Gasteiger partial charge < -0.3 is 19.1 Å². The standard InChI is InChI=1S/C25H25BrNO4S2/c1-27(14-15-5-2-6-16(26)11-15)18-12-17(13-19(27)23-22(18)31-23)30-24(28)25(29,20-7-3-9-32-20)21-8-4-10-33-21/h2-11,17-19,22-23,29H,12-14H2,1H3/q+1. The van der Waals surface area contributed by atoms with Gasteiger partial charge in [0.1, 0.15) is 36.9 Å². The van der Waals surface area contributed by atoms with Crippen LogP contribution in [0.2, 0.25) is 0 Å². The fraction of sp³-hybridized carbons (Fsp3) is 0.400. The molecule has 4 unspecified atom stereocenters. The maximum Gasteiger partial charge on any atom is 0.349 e. The Bertz CT molecular complexity index is 1110. The molecule has 3 aliphatic heterocycles. The highest BCUT2D eigenvalue weighted by atomic mass is 79.9. The minimum atomic E-state index is -1.76. The third kappa shape index (κ3) is 3.54. The summed E-state index contributed by atoms with van der Waals surface area (Å²) in [6.07, 6.45) is 1.76. The molecule has 5 nitrogen and oxygen atoms in total. The molecule has 6 rings (SSSR count). The van der Waals surface area contributed by atoms with E-state index in [1.165, 1.54) is 28.2 Å². The Morgan fingerprint density at radius 2 is 1.76 bits per heavy atom. The summed E-state index contributed by atoms with van der Waals surface area (Å²) >= 11 is 6.33. The van der Waals surface area contributed by atoms with Crippen LogP contribution in [0.1, 0.15) is 28.2 Å². The summed E-state index contributed by atoms with van der Waals surface area (Å²) in [5, 5.41) is 15.3. The average molecular weight is 548 g/mol. The Balaban J connectivity index is 1.23. The van der Waals surface area contributed by atoms with Crippen LogP contribution in [0.4, 0.5) is 0 Å². The van der Waals surface area contributed by atoms with E-state index in [0.717, 1.165) is 28.3 Å². The lowest BCUT2D eigenvalue weighted by Crippen LogP contribution is -2.62. The van der Waals surface area contributed by atoms with Crippen LogP contribution in [0.5, 0.6) is 0 Å². The van der Waals surface area contributed by atoms with Crippen LogP contribution in [-0.4, -0.2) is 53.0 Å². The summed E-state index contributed by atoms with van der Waals surface area (Å²) in [5.74, 6) is -0.575. The number of nitrogens with zero attached hydrogens (tertiary/aromatic N) is 1. The highest BCUT2D eigenvalue weighted by Gasteiger charge is 2.72. The van der Waals surface area contributed by atoms with Gasteiger partial charge in [-0.15, -0.1) is 22.7 Å². The second kappa shape index (κ2) is 8.00. The Morgan fingerprint density at radius 1 is 1.12 bits per heavy atom. The molecule has 1 N–H and O–H groups in total. The summed E-state index contributed by atoms with van der Waals surface area (Å²) in [7, 11) is 2.32. The fourth-order valence-corrected chi connectivity index (χ4v) is 8.11. The zero-order valence-electron chi connectivity index (χ0n) is 18.1. The lowest BCUT2D eigenvalue weighted by Gasteiger charge is -2.48. The summed E-state index contributed by atoms with van der Waals surface area (Å²) in [6.45, 7) is 0.931. The van der Waals surface area contributed by atoms with Gasteiger partial charge in [0.05, 0.1) is 16.8 Å². The van der Waals surface area contributed by atoms with Crippen molar-refractivity contribution in [1.29, 1.82) is 0 Å². The van der Waals surface area contributed by atoms with E-state index in [-0.39, 0.29) is 30.4 Å². The maximum absolute atomic E-state index is 13.4. The predicted molar refractivity (Wildman–Crippen MR) is 131 cm³/mol. The number of carbonyl (C=O) groups excluding carboxylic acids is 1. The SMILES string of the molecule is C[N+]1(Cc2cccc(Br)c2)C2CC(OC(=O)C(O)(c3cccs3)c3cccs3)CC1C1OC12. The van der Waals surface area contributed by atoms with Gasteiger partial charge in [0.15, 0.2) is 0 Å². The van der Waals surface area contributed by atoms with Crippen molar-refractivity contribution < 1.29 is 23.9 Å². The molecule has 4 atom stereocenters. The first-order valence-electron chi connectivity index (χ1n) is 11.2. The van der Waals surface area contributed by atoms with E-state index in [4.69, 9.17) is 9.47 Å². The summed E-state index contributed by atoms with van der Waals surface area (Å²) in [5.41, 5.74) is -0.462. The van der Waals surface area contributed by atoms with Crippen molar-refractivity contribution in [3.8, 4) is 0 Å². The third-order valence-corrected chi connectivity index (χ3v) is 10.0. The van der Waals surface area contributed by atoms with Gasteiger partial charge in [-0.3, -0.25) is 0 Å². The summed E-state index contributed by atoms with van der Waals surface area (Å²) in [4.78, 5) is 14.6. The van der Waals surface area contributed by atoms with Crippen molar-refractivity contribution in [3.63, 3.8) is 0 Å². The average Bonchev–Trinajstić information content (AvgIpc) is 3.13. The number of halogens is 1. The first-order chi connectivity index (χ1) is 15.9. The van der Waals surface area contributed by atoms with Crippen molar-refractivity contribution >= 4 is 44.6 Å². The lowest BCUT2D eigenvalue weighted by molar-refractivity contribution is -0.968. The summed E-state index contributed by atoms with van der Waals surface area (Å²) in [6, 6.07) is 16.3. The largest absolute Gasteiger partial charge is 0.459 e. The molecule has 3 aliphatic rings. The number of rotatable bonds is 6. The Kier molecular flexibility index (Phi) is 5.32. The quantitative estimate of drug-likeness (QED) is 0.277. The van der Waals surface area contributed by atoms with Crippen LogP contribution in [0.25, 0.3) is 0 Å². The van der Waals surface area contributed by atoms with Gasteiger partial charge in [-0.1, -0.05) is 40.2 Å². The first kappa shape index (κ1) is 21.9. The fourth-order valence-electron chi connectivity index (χ4n) is 5.94. The molecule has 0 aliphatic carbocycles. The smallest absolute Gasteiger partial charge is 0.349 e. The number of benzene rings is 1. The van der Waals surface area contributed by atoms with E-state index in [9.17, 15) is 9.90 Å². The van der Waals surface area contributed by atoms with Crippen LogP contribution >= 0.6 is 38.6 Å². The number of quaternary nitrogens is 1. The molecule has 8 heteroatoms. The number of piperidine rings is 1. The molecule has 2 bridgehead atoms. The van der Waals surface area contributed by atoms with E-state index in [1.54, 1.807) is 12.1 Å². The number of likely N-dealkylation sites (N-methyl/N-ethyl adjacent to an activating group) is 1. The van der Waals surface area contributed by atoms with Crippen molar-refractivity contribution in [2.45, 2.75) is 55.4 Å². The van der Waals surface area contributed by atoms with Gasteiger partial charge in [-0.25, -0.2) is 4.79 Å². The highest BCUT2D eigenvalue weighted by molar-refractivity contribution is 9.10. The number of epoxide rings is 1. The van der Waals surface area contributed by atoms with Gasteiger partial charge in [-0.05, 0) is 35.0 Å². The minimum absolute atomic E-state index is 0.218. The van der Waals surface area contributed by atoms with E-state index in [0.29, 0.717) is 9.75 Å². The Hall–Kier alpha value is -1.55. The molecule has 0 radical (unpaired) electrons. The molecule has 3 fully saturated rings. The predicted octanol–water partition coefficient (Wildman–Crippen LogP) is 4.68. The molecule has 5 heterocycles. The molecule has 3 saturated heterocycles. The topological polar surface area (TPSA) is 59.1 Å². The van der Waals surface area contributed by atoms with Gasteiger partial charge in [0.2, 0.25) is 5.60 Å². The number of hydrogen-bond acceptors (Lipinski definition) is 6. The van der Waals surface area contributed by atoms with Crippen LogP contribution in [-0.2, 0) is 26.4 Å². The maximum atomic E-state index is 13.4. The molecule has 33 heavy (non-hydrogen) atoms. The number of hydrogen-bond donors (Lipinski definition) is 1. The van der Waals surface area contributed by atoms with Crippen molar-refractivity contribution in [1.82, 2.24) is 0 Å². The summed E-state index contributed by atoms with van der Waals surface area (Å²) < 4.78 is 14.1. The molecule has 0 amide bonds. The van der Waals surface area contributed by atoms with E-state index in [1.807, 2.05) is 29.0 Å². The van der Waals surface area contributed by atoms with Crippen LogP contribution < -0.4 is 0 Å². The first-order valence-corrected chi connectivity index (χ1v) is 13.7. The molecular formula is C25H25BrNO4S2+. The second-order valence-corrected chi connectivity index (χ2v) is 12.3. The number of morpholine rings is 1. The normalized spacial score (nSPS) is 32.4. The van der Waals surface area contributed by atoms with Crippen molar-refractivity contribution in [3.05, 3.63) is 79.1 Å². The number of aliphatic hydroxyl groups is 1. The molecular weight excluding hydrogens is 522 g/mol. The monoisotopic (exact) mass is 546 g/mol. The zero-order valence-corrected chi connectivity index (χ0v) is 21.3.